The van der Waals surface area contributed by atoms with Crippen molar-refractivity contribution in [2.24, 2.45) is 0 Å². The molecule has 1 unspecified atom stereocenters. The topological polar surface area (TPSA) is 130 Å². The van der Waals surface area contributed by atoms with Gasteiger partial charge < -0.3 is 16.0 Å². The smallest absolute Gasteiger partial charge is 0.270 e. The number of nitro benzene ring substituents is 1. The molecule has 0 aliphatic carbocycles. The lowest BCUT2D eigenvalue weighted by Crippen LogP contribution is -2.44. The van der Waals surface area contributed by atoms with Gasteiger partial charge in [0.15, 0.2) is 0 Å². The number of carbonyl (C=O) groups excluding carboxylic acids is 3. The molecule has 0 radical (unpaired) electrons. The molecule has 0 saturated heterocycles. The Bertz CT molecular complexity index is 950. The van der Waals surface area contributed by atoms with E-state index < -0.39 is 22.8 Å². The van der Waals surface area contributed by atoms with Gasteiger partial charge in [0.25, 0.3) is 11.6 Å². The van der Waals surface area contributed by atoms with Gasteiger partial charge in [-0.3, -0.25) is 24.5 Å². The zero-order valence-electron chi connectivity index (χ0n) is 16.5. The van der Waals surface area contributed by atoms with E-state index in [0.717, 1.165) is 6.07 Å². The van der Waals surface area contributed by atoms with Crippen molar-refractivity contribution in [1.29, 1.82) is 0 Å². The fourth-order valence-electron chi connectivity index (χ4n) is 2.61. The minimum Gasteiger partial charge on any atom is -0.340 e. The lowest BCUT2D eigenvalue weighted by Gasteiger charge is -2.18. The van der Waals surface area contributed by atoms with Crippen molar-refractivity contribution in [2.45, 2.75) is 19.4 Å². The number of carbonyl (C=O) groups is 3. The summed E-state index contributed by atoms with van der Waals surface area (Å²) in [6.07, 6.45) is 2.26. The van der Waals surface area contributed by atoms with E-state index in [0.29, 0.717) is 23.5 Å². The second-order valence-corrected chi connectivity index (χ2v) is 7.35. The summed E-state index contributed by atoms with van der Waals surface area (Å²) in [5, 5.41) is 18.9. The molecule has 10 heteroatoms. The summed E-state index contributed by atoms with van der Waals surface area (Å²) in [5.41, 5.74) is 0.882. The Balaban J connectivity index is 2.13. The fourth-order valence-corrected chi connectivity index (χ4v) is 3.09. The first kappa shape index (κ1) is 22.9. The van der Waals surface area contributed by atoms with Crippen LogP contribution in [0.4, 0.5) is 17.1 Å². The molecule has 0 saturated carbocycles. The number of thioether (sulfide) groups is 1. The molecule has 3 N–H and O–H groups in total. The van der Waals surface area contributed by atoms with Crippen LogP contribution < -0.4 is 16.0 Å². The summed E-state index contributed by atoms with van der Waals surface area (Å²) in [4.78, 5) is 46.9. The molecule has 0 aromatic heterocycles. The summed E-state index contributed by atoms with van der Waals surface area (Å²) >= 11 is 1.52. The van der Waals surface area contributed by atoms with Gasteiger partial charge in [0.1, 0.15) is 6.04 Å². The van der Waals surface area contributed by atoms with Gasteiger partial charge in [0.05, 0.1) is 4.92 Å². The Morgan fingerprint density at radius 3 is 2.37 bits per heavy atom. The molecule has 30 heavy (non-hydrogen) atoms. The lowest BCUT2D eigenvalue weighted by atomic mass is 10.1. The van der Waals surface area contributed by atoms with Crippen molar-refractivity contribution in [3.63, 3.8) is 0 Å². The summed E-state index contributed by atoms with van der Waals surface area (Å²) in [6.45, 7) is 1.38. The van der Waals surface area contributed by atoms with Crippen LogP contribution in [0.25, 0.3) is 0 Å². The number of nitro groups is 1. The molecule has 9 nitrogen and oxygen atoms in total. The van der Waals surface area contributed by atoms with Gasteiger partial charge in [-0.15, -0.1) is 0 Å². The van der Waals surface area contributed by atoms with Crippen LogP contribution in [0, 0.1) is 10.1 Å². The predicted molar refractivity (Wildman–Crippen MR) is 117 cm³/mol. The maximum atomic E-state index is 12.8. The SMILES string of the molecule is CSCCC(NC(=O)c1cccc([N+](=O)[O-])c1)C(=O)Nc1cccc(NC(C)=O)c1. The van der Waals surface area contributed by atoms with Crippen molar-refractivity contribution >= 4 is 46.5 Å². The first-order chi connectivity index (χ1) is 14.3. The second-order valence-electron chi connectivity index (χ2n) is 6.37. The summed E-state index contributed by atoms with van der Waals surface area (Å²) in [6, 6.07) is 11.1. The van der Waals surface area contributed by atoms with E-state index in [1.807, 2.05) is 6.26 Å². The fraction of sp³-hybridized carbons (Fsp3) is 0.250. The van der Waals surface area contributed by atoms with Gasteiger partial charge in [-0.2, -0.15) is 11.8 Å². The van der Waals surface area contributed by atoms with E-state index >= 15 is 0 Å². The standard InChI is InChI=1S/C20H22N4O5S/c1-13(25)21-15-6-4-7-16(12-15)22-20(27)18(9-10-30-2)23-19(26)14-5-3-8-17(11-14)24(28)29/h3-8,11-12,18H,9-10H2,1-2H3,(H,21,25)(H,22,27)(H,23,26). The van der Waals surface area contributed by atoms with Gasteiger partial charge in [-0.05, 0) is 42.7 Å². The predicted octanol–water partition coefficient (Wildman–Crippen LogP) is 3.04. The Hall–Kier alpha value is -3.40. The molecule has 0 fully saturated rings. The third kappa shape index (κ3) is 6.89. The Labute approximate surface area is 177 Å². The molecule has 0 spiro atoms. The Morgan fingerprint density at radius 2 is 1.73 bits per heavy atom. The summed E-state index contributed by atoms with van der Waals surface area (Å²) in [7, 11) is 0. The molecule has 1 atom stereocenters. The zero-order chi connectivity index (χ0) is 22.1. The third-order valence-corrected chi connectivity index (χ3v) is 4.65. The molecule has 2 aromatic rings. The van der Waals surface area contributed by atoms with E-state index in [2.05, 4.69) is 16.0 Å². The molecular formula is C20H22N4O5S. The van der Waals surface area contributed by atoms with Gasteiger partial charge in [0, 0.05) is 36.0 Å². The van der Waals surface area contributed by atoms with Gasteiger partial charge >= 0.3 is 0 Å². The van der Waals surface area contributed by atoms with Crippen molar-refractivity contribution in [3.05, 3.63) is 64.2 Å². The second kappa shape index (κ2) is 11.0. The molecule has 158 valence electrons. The molecule has 2 aromatic carbocycles. The van der Waals surface area contributed by atoms with Crippen LogP contribution in [0.3, 0.4) is 0 Å². The average molecular weight is 430 g/mol. The number of non-ortho nitro benzene ring substituents is 1. The van der Waals surface area contributed by atoms with Gasteiger partial charge in [-0.25, -0.2) is 0 Å². The van der Waals surface area contributed by atoms with E-state index in [-0.39, 0.29) is 17.2 Å². The number of hydrogen-bond acceptors (Lipinski definition) is 6. The van der Waals surface area contributed by atoms with Crippen molar-refractivity contribution in [2.75, 3.05) is 22.6 Å². The number of anilines is 2. The summed E-state index contributed by atoms with van der Waals surface area (Å²) < 4.78 is 0. The summed E-state index contributed by atoms with van der Waals surface area (Å²) in [5.74, 6) is -0.616. The van der Waals surface area contributed by atoms with Crippen LogP contribution in [0.1, 0.15) is 23.7 Å². The van der Waals surface area contributed by atoms with E-state index in [9.17, 15) is 24.5 Å². The highest BCUT2D eigenvalue weighted by molar-refractivity contribution is 7.98. The van der Waals surface area contributed by atoms with Crippen LogP contribution in [-0.2, 0) is 9.59 Å². The maximum absolute atomic E-state index is 12.8. The Kier molecular flexibility index (Phi) is 8.36. The third-order valence-electron chi connectivity index (χ3n) is 4.00. The minimum absolute atomic E-state index is 0.0961. The molecule has 2 rings (SSSR count). The number of amides is 3. The molecule has 0 aliphatic rings. The van der Waals surface area contributed by atoms with Crippen LogP contribution >= 0.6 is 11.8 Å². The maximum Gasteiger partial charge on any atom is 0.270 e. The monoisotopic (exact) mass is 430 g/mol. The first-order valence-corrected chi connectivity index (χ1v) is 10.4. The van der Waals surface area contributed by atoms with Crippen molar-refractivity contribution in [3.8, 4) is 0 Å². The van der Waals surface area contributed by atoms with Crippen LogP contribution in [0.5, 0.6) is 0 Å². The molecule has 0 aliphatic heterocycles. The molecule has 3 amide bonds. The minimum atomic E-state index is -0.839. The first-order valence-electron chi connectivity index (χ1n) is 9.03. The Morgan fingerprint density at radius 1 is 1.07 bits per heavy atom. The van der Waals surface area contributed by atoms with Gasteiger partial charge in [-0.1, -0.05) is 12.1 Å². The average Bonchev–Trinajstić information content (AvgIpc) is 2.70. The number of nitrogens with one attached hydrogen (secondary N) is 3. The largest absolute Gasteiger partial charge is 0.340 e. The lowest BCUT2D eigenvalue weighted by molar-refractivity contribution is -0.384. The van der Waals surface area contributed by atoms with Gasteiger partial charge in [0.2, 0.25) is 11.8 Å². The van der Waals surface area contributed by atoms with E-state index in [1.54, 1.807) is 24.3 Å². The quantitative estimate of drug-likeness (QED) is 0.414. The molecule has 0 heterocycles. The highest BCUT2D eigenvalue weighted by atomic mass is 32.2. The molecular weight excluding hydrogens is 408 g/mol. The number of nitrogens with zero attached hydrogens (tertiary/aromatic N) is 1. The highest BCUT2D eigenvalue weighted by Gasteiger charge is 2.22. The van der Waals surface area contributed by atoms with Crippen LogP contribution in [0.2, 0.25) is 0 Å². The van der Waals surface area contributed by atoms with Crippen molar-refractivity contribution in [1.82, 2.24) is 5.32 Å². The van der Waals surface area contributed by atoms with E-state index in [4.69, 9.17) is 0 Å². The molecule has 0 bridgehead atoms. The zero-order valence-corrected chi connectivity index (χ0v) is 17.3. The van der Waals surface area contributed by atoms with E-state index in [1.165, 1.54) is 36.9 Å². The van der Waals surface area contributed by atoms with Crippen LogP contribution in [0.15, 0.2) is 48.5 Å². The van der Waals surface area contributed by atoms with Crippen LogP contribution in [-0.4, -0.2) is 40.7 Å². The van der Waals surface area contributed by atoms with Crippen molar-refractivity contribution < 1.29 is 19.3 Å². The normalized spacial score (nSPS) is 11.3. The number of benzene rings is 2. The highest BCUT2D eigenvalue weighted by Crippen LogP contribution is 2.17. The number of rotatable bonds is 9. The number of hydrogen-bond donors (Lipinski definition) is 3.